The van der Waals surface area contributed by atoms with E-state index < -0.39 is 0 Å². The number of rotatable bonds is 1. The summed E-state index contributed by atoms with van der Waals surface area (Å²) < 4.78 is 0. The van der Waals surface area contributed by atoms with Crippen molar-refractivity contribution in [2.45, 2.75) is 40.0 Å². The van der Waals surface area contributed by atoms with Gasteiger partial charge in [-0.1, -0.05) is 30.9 Å². The van der Waals surface area contributed by atoms with Crippen LogP contribution in [0.5, 0.6) is 0 Å². The van der Waals surface area contributed by atoms with Gasteiger partial charge in [0.05, 0.1) is 0 Å². The van der Waals surface area contributed by atoms with Crippen molar-refractivity contribution in [3.05, 3.63) is 69.8 Å². The minimum absolute atomic E-state index is 0.786. The Morgan fingerprint density at radius 2 is 1.38 bits per heavy atom. The highest BCUT2D eigenvalue weighted by molar-refractivity contribution is 5.48. The molecule has 0 heterocycles. The van der Waals surface area contributed by atoms with E-state index in [1.54, 1.807) is 0 Å². The second-order valence-corrected chi connectivity index (χ2v) is 6.43. The predicted molar refractivity (Wildman–Crippen MR) is 89.6 cm³/mol. The minimum atomic E-state index is 0.786. The van der Waals surface area contributed by atoms with Gasteiger partial charge >= 0.3 is 0 Å². The summed E-state index contributed by atoms with van der Waals surface area (Å²) in [5.41, 5.74) is 7.67. The lowest BCUT2D eigenvalue weighted by molar-refractivity contribution is 0.914. The maximum absolute atomic E-state index is 3.29. The second-order valence-electron chi connectivity index (χ2n) is 6.43. The molecular formula is C21H22. The molecule has 1 aliphatic rings. The molecule has 1 aliphatic carbocycles. The summed E-state index contributed by atoms with van der Waals surface area (Å²) in [6, 6.07) is 13.1. The van der Waals surface area contributed by atoms with Gasteiger partial charge in [-0.05, 0) is 85.5 Å². The molecule has 2 aromatic rings. The van der Waals surface area contributed by atoms with Gasteiger partial charge in [-0.2, -0.15) is 0 Å². The van der Waals surface area contributed by atoms with Gasteiger partial charge in [0.25, 0.3) is 0 Å². The van der Waals surface area contributed by atoms with Crippen LogP contribution in [-0.4, -0.2) is 0 Å². The van der Waals surface area contributed by atoms with Crippen molar-refractivity contribution in [2.75, 3.05) is 0 Å². The average molecular weight is 274 g/mol. The van der Waals surface area contributed by atoms with Crippen LogP contribution in [0.2, 0.25) is 0 Å². The van der Waals surface area contributed by atoms with Crippen LogP contribution in [0.1, 0.15) is 52.6 Å². The molecule has 0 spiro atoms. The summed E-state index contributed by atoms with van der Waals surface area (Å²) in [4.78, 5) is 0. The SMILES string of the molecule is Cc1cc(C#Cc2ccc(C3CC3C)cc2)cc(C)c1C. The third-order valence-electron chi connectivity index (χ3n) is 4.73. The number of hydrogen-bond acceptors (Lipinski definition) is 0. The van der Waals surface area contributed by atoms with Gasteiger partial charge in [0, 0.05) is 11.1 Å². The van der Waals surface area contributed by atoms with E-state index >= 15 is 0 Å². The van der Waals surface area contributed by atoms with E-state index in [1.807, 2.05) is 0 Å². The molecule has 0 heteroatoms. The van der Waals surface area contributed by atoms with Gasteiger partial charge in [0.2, 0.25) is 0 Å². The third-order valence-corrected chi connectivity index (χ3v) is 4.73. The van der Waals surface area contributed by atoms with Crippen LogP contribution in [0.15, 0.2) is 36.4 Å². The van der Waals surface area contributed by atoms with Crippen LogP contribution in [-0.2, 0) is 0 Å². The Labute approximate surface area is 128 Å². The first-order chi connectivity index (χ1) is 10.0. The lowest BCUT2D eigenvalue weighted by Gasteiger charge is -2.04. The molecule has 0 N–H and O–H groups in total. The molecule has 0 aromatic heterocycles. The fourth-order valence-electron chi connectivity index (χ4n) is 2.85. The molecule has 1 fully saturated rings. The Balaban J connectivity index is 1.81. The van der Waals surface area contributed by atoms with Crippen LogP contribution < -0.4 is 0 Å². The quantitative estimate of drug-likeness (QED) is 0.632. The molecule has 0 bridgehead atoms. The normalized spacial score (nSPS) is 19.8. The summed E-state index contributed by atoms with van der Waals surface area (Å²) in [5.74, 6) is 8.22. The van der Waals surface area contributed by atoms with E-state index in [9.17, 15) is 0 Å². The molecule has 0 amide bonds. The monoisotopic (exact) mass is 274 g/mol. The van der Waals surface area contributed by atoms with Gasteiger partial charge in [0.15, 0.2) is 0 Å². The zero-order chi connectivity index (χ0) is 15.0. The van der Waals surface area contributed by atoms with E-state index in [4.69, 9.17) is 0 Å². The highest BCUT2D eigenvalue weighted by atomic mass is 14.4. The fourth-order valence-corrected chi connectivity index (χ4v) is 2.85. The van der Waals surface area contributed by atoms with Crippen molar-refractivity contribution >= 4 is 0 Å². The van der Waals surface area contributed by atoms with Crippen LogP contribution in [0.25, 0.3) is 0 Å². The molecule has 2 unspecified atom stereocenters. The zero-order valence-electron chi connectivity index (χ0n) is 13.3. The molecule has 2 atom stereocenters. The number of hydrogen-bond donors (Lipinski definition) is 0. The summed E-state index contributed by atoms with van der Waals surface area (Å²) in [5, 5.41) is 0. The molecule has 0 aliphatic heterocycles. The van der Waals surface area contributed by atoms with E-state index in [0.717, 1.165) is 23.0 Å². The van der Waals surface area contributed by atoms with Gasteiger partial charge in [-0.25, -0.2) is 0 Å². The van der Waals surface area contributed by atoms with Gasteiger partial charge in [0.1, 0.15) is 0 Å². The Hall–Kier alpha value is -2.00. The molecule has 106 valence electrons. The standard InChI is InChI=1S/C21H22/c1-14-11-19(12-15(2)17(14)4)6-5-18-7-9-20(10-8-18)21-13-16(21)3/h7-12,16,21H,13H2,1-4H3. The summed E-state index contributed by atoms with van der Waals surface area (Å²) >= 11 is 0. The van der Waals surface area contributed by atoms with E-state index in [2.05, 4.69) is 75.9 Å². The molecule has 0 nitrogen and oxygen atoms in total. The smallest absolute Gasteiger partial charge is 0.0254 e. The Morgan fingerprint density at radius 3 is 1.90 bits per heavy atom. The average Bonchev–Trinajstić information content (AvgIpc) is 3.20. The van der Waals surface area contributed by atoms with Crippen molar-refractivity contribution in [1.29, 1.82) is 0 Å². The van der Waals surface area contributed by atoms with Gasteiger partial charge in [-0.15, -0.1) is 0 Å². The first-order valence-corrected chi connectivity index (χ1v) is 7.74. The van der Waals surface area contributed by atoms with Crippen molar-refractivity contribution < 1.29 is 0 Å². The lowest BCUT2D eigenvalue weighted by Crippen LogP contribution is -1.88. The van der Waals surface area contributed by atoms with Gasteiger partial charge in [-0.3, -0.25) is 0 Å². The molecule has 0 saturated heterocycles. The van der Waals surface area contributed by atoms with Crippen molar-refractivity contribution in [2.24, 2.45) is 5.92 Å². The first kappa shape index (κ1) is 14.0. The number of benzene rings is 2. The zero-order valence-corrected chi connectivity index (χ0v) is 13.3. The Kier molecular flexibility index (Phi) is 3.60. The topological polar surface area (TPSA) is 0 Å². The molecule has 3 rings (SSSR count). The third kappa shape index (κ3) is 3.03. The predicted octanol–water partition coefficient (Wildman–Crippen LogP) is 5.14. The van der Waals surface area contributed by atoms with Gasteiger partial charge < -0.3 is 0 Å². The maximum atomic E-state index is 3.29. The van der Waals surface area contributed by atoms with Crippen LogP contribution in [0.3, 0.4) is 0 Å². The fraction of sp³-hybridized carbons (Fsp3) is 0.333. The highest BCUT2D eigenvalue weighted by Crippen LogP contribution is 2.46. The van der Waals surface area contributed by atoms with Crippen LogP contribution in [0, 0.1) is 38.5 Å². The van der Waals surface area contributed by atoms with Crippen molar-refractivity contribution in [3.8, 4) is 11.8 Å². The number of aryl methyl sites for hydroxylation is 2. The van der Waals surface area contributed by atoms with E-state index in [0.29, 0.717) is 0 Å². The Bertz CT molecular complexity index is 700. The summed E-state index contributed by atoms with van der Waals surface area (Å²) in [7, 11) is 0. The summed E-state index contributed by atoms with van der Waals surface area (Å²) in [6.45, 7) is 8.79. The van der Waals surface area contributed by atoms with E-state index in [1.165, 1.54) is 28.7 Å². The first-order valence-electron chi connectivity index (χ1n) is 7.74. The Morgan fingerprint density at radius 1 is 0.857 bits per heavy atom. The summed E-state index contributed by atoms with van der Waals surface area (Å²) in [6.07, 6.45) is 1.34. The highest BCUT2D eigenvalue weighted by Gasteiger charge is 2.33. The molecule has 2 aromatic carbocycles. The minimum Gasteiger partial charge on any atom is -0.0619 e. The van der Waals surface area contributed by atoms with Crippen LogP contribution in [0.4, 0.5) is 0 Å². The lowest BCUT2D eigenvalue weighted by atomic mass is 10.0. The van der Waals surface area contributed by atoms with Crippen LogP contribution >= 0.6 is 0 Å². The molecule has 21 heavy (non-hydrogen) atoms. The van der Waals surface area contributed by atoms with Crippen molar-refractivity contribution in [3.63, 3.8) is 0 Å². The second kappa shape index (κ2) is 5.41. The maximum Gasteiger partial charge on any atom is 0.0254 e. The molecule has 1 saturated carbocycles. The van der Waals surface area contributed by atoms with Crippen molar-refractivity contribution in [1.82, 2.24) is 0 Å². The van der Waals surface area contributed by atoms with E-state index in [-0.39, 0.29) is 0 Å². The molecular weight excluding hydrogens is 252 g/mol. The molecule has 0 radical (unpaired) electrons. The largest absolute Gasteiger partial charge is 0.0619 e.